The standard InChI is InChI=1S/C12H12F2O3/c13-9-3-10(14)5-11(4-9)17-7-12(15)8-1-2-16-6-8/h3-5,8H,1-2,6-7H2. The first-order valence-corrected chi connectivity index (χ1v) is 5.34. The summed E-state index contributed by atoms with van der Waals surface area (Å²) in [5.74, 6) is -1.69. The topological polar surface area (TPSA) is 35.5 Å². The number of carbonyl (C=O) groups is 1. The van der Waals surface area contributed by atoms with Crippen LogP contribution in [-0.4, -0.2) is 25.6 Å². The van der Waals surface area contributed by atoms with Gasteiger partial charge < -0.3 is 9.47 Å². The Bertz CT molecular complexity index is 394. The monoisotopic (exact) mass is 242 g/mol. The van der Waals surface area contributed by atoms with E-state index in [9.17, 15) is 13.6 Å². The van der Waals surface area contributed by atoms with Gasteiger partial charge in [0.2, 0.25) is 0 Å². The number of carbonyl (C=O) groups excluding carboxylic acids is 1. The molecule has 0 radical (unpaired) electrons. The molecule has 2 rings (SSSR count). The SMILES string of the molecule is O=C(COc1cc(F)cc(F)c1)C1CCOC1. The fraction of sp³-hybridized carbons (Fsp3) is 0.417. The Morgan fingerprint density at radius 3 is 2.65 bits per heavy atom. The summed E-state index contributed by atoms with van der Waals surface area (Å²) in [7, 11) is 0. The van der Waals surface area contributed by atoms with Crippen LogP contribution >= 0.6 is 0 Å². The van der Waals surface area contributed by atoms with Gasteiger partial charge in [-0.15, -0.1) is 0 Å². The van der Waals surface area contributed by atoms with Crippen molar-refractivity contribution < 1.29 is 23.0 Å². The Hall–Kier alpha value is -1.49. The quantitative estimate of drug-likeness (QED) is 0.809. The average Bonchev–Trinajstić information content (AvgIpc) is 2.78. The third kappa shape index (κ3) is 3.23. The molecule has 1 aromatic rings. The van der Waals surface area contributed by atoms with Crippen LogP contribution in [0.25, 0.3) is 0 Å². The van der Waals surface area contributed by atoms with Crippen molar-refractivity contribution in [3.8, 4) is 5.75 Å². The van der Waals surface area contributed by atoms with Crippen molar-refractivity contribution in [2.45, 2.75) is 6.42 Å². The minimum atomic E-state index is -0.725. The molecule has 17 heavy (non-hydrogen) atoms. The number of hydrogen-bond acceptors (Lipinski definition) is 3. The van der Waals surface area contributed by atoms with Gasteiger partial charge in [0, 0.05) is 30.7 Å². The highest BCUT2D eigenvalue weighted by molar-refractivity contribution is 5.82. The van der Waals surface area contributed by atoms with Crippen LogP contribution in [-0.2, 0) is 9.53 Å². The number of ether oxygens (including phenoxy) is 2. The lowest BCUT2D eigenvalue weighted by Crippen LogP contribution is -2.21. The molecule has 1 aliphatic rings. The second-order valence-corrected chi connectivity index (χ2v) is 3.92. The van der Waals surface area contributed by atoms with E-state index in [1.54, 1.807) is 0 Å². The molecule has 1 fully saturated rings. The number of Topliss-reactive ketones (excluding diaryl/α,β-unsaturated/α-hetero) is 1. The molecule has 0 aliphatic carbocycles. The fourth-order valence-corrected chi connectivity index (χ4v) is 1.67. The molecule has 1 unspecified atom stereocenters. The molecule has 1 heterocycles. The van der Waals surface area contributed by atoms with Crippen LogP contribution in [0.1, 0.15) is 6.42 Å². The molecule has 0 aromatic heterocycles. The smallest absolute Gasteiger partial charge is 0.175 e. The lowest BCUT2D eigenvalue weighted by molar-refractivity contribution is -0.124. The molecule has 1 atom stereocenters. The van der Waals surface area contributed by atoms with Gasteiger partial charge in [0.15, 0.2) is 5.78 Å². The molecule has 0 spiro atoms. The molecular formula is C12H12F2O3. The molecule has 1 aromatic carbocycles. The van der Waals surface area contributed by atoms with Gasteiger partial charge in [-0.05, 0) is 6.42 Å². The minimum absolute atomic E-state index is 0.0229. The zero-order valence-electron chi connectivity index (χ0n) is 9.12. The Balaban J connectivity index is 1.90. The molecular weight excluding hydrogens is 230 g/mol. The maximum atomic E-state index is 12.8. The maximum absolute atomic E-state index is 12.8. The van der Waals surface area contributed by atoms with E-state index in [4.69, 9.17) is 9.47 Å². The summed E-state index contributed by atoms with van der Waals surface area (Å²) in [6.07, 6.45) is 0.680. The molecule has 0 bridgehead atoms. The van der Waals surface area contributed by atoms with Crippen LogP contribution in [0.2, 0.25) is 0 Å². The van der Waals surface area contributed by atoms with E-state index in [2.05, 4.69) is 0 Å². The van der Waals surface area contributed by atoms with Gasteiger partial charge in [0.25, 0.3) is 0 Å². The van der Waals surface area contributed by atoms with E-state index in [0.29, 0.717) is 19.6 Å². The number of halogens is 2. The Kier molecular flexibility index (Phi) is 3.68. The summed E-state index contributed by atoms with van der Waals surface area (Å²) in [4.78, 5) is 11.6. The normalized spacial score (nSPS) is 19.3. The first-order chi connectivity index (χ1) is 8.15. The van der Waals surface area contributed by atoms with Crippen LogP contribution < -0.4 is 4.74 Å². The Labute approximate surface area is 97.3 Å². The predicted molar refractivity (Wildman–Crippen MR) is 55.8 cm³/mol. The fourth-order valence-electron chi connectivity index (χ4n) is 1.67. The summed E-state index contributed by atoms with van der Waals surface area (Å²) in [5, 5.41) is 0. The molecule has 1 aliphatic heterocycles. The molecule has 1 saturated heterocycles. The molecule has 0 amide bonds. The first-order valence-electron chi connectivity index (χ1n) is 5.34. The number of benzene rings is 1. The van der Waals surface area contributed by atoms with Crippen molar-refractivity contribution in [1.29, 1.82) is 0 Å². The minimum Gasteiger partial charge on any atom is -0.486 e. The third-order valence-corrected chi connectivity index (χ3v) is 2.60. The maximum Gasteiger partial charge on any atom is 0.175 e. The molecule has 3 nitrogen and oxygen atoms in total. The lowest BCUT2D eigenvalue weighted by Gasteiger charge is -2.08. The van der Waals surface area contributed by atoms with Crippen LogP contribution in [0.5, 0.6) is 5.75 Å². The summed E-state index contributed by atoms with van der Waals surface area (Å²) < 4.78 is 35.8. The largest absolute Gasteiger partial charge is 0.486 e. The van der Waals surface area contributed by atoms with Gasteiger partial charge in [-0.2, -0.15) is 0 Å². The van der Waals surface area contributed by atoms with Gasteiger partial charge in [-0.3, -0.25) is 4.79 Å². The van der Waals surface area contributed by atoms with Crippen LogP contribution in [0.3, 0.4) is 0 Å². The zero-order chi connectivity index (χ0) is 12.3. The van der Waals surface area contributed by atoms with Crippen LogP contribution in [0, 0.1) is 17.6 Å². The second-order valence-electron chi connectivity index (χ2n) is 3.92. The van der Waals surface area contributed by atoms with Crippen LogP contribution in [0.4, 0.5) is 8.78 Å². The summed E-state index contributed by atoms with van der Waals surface area (Å²) in [6, 6.07) is 2.84. The molecule has 0 saturated carbocycles. The highest BCUT2D eigenvalue weighted by atomic mass is 19.1. The van der Waals surface area contributed by atoms with E-state index >= 15 is 0 Å². The number of ketones is 1. The number of rotatable bonds is 4. The first kappa shape index (κ1) is 12.0. The zero-order valence-corrected chi connectivity index (χ0v) is 9.12. The van der Waals surface area contributed by atoms with Crippen molar-refractivity contribution in [1.82, 2.24) is 0 Å². The van der Waals surface area contributed by atoms with E-state index in [0.717, 1.165) is 18.2 Å². The van der Waals surface area contributed by atoms with Crippen molar-refractivity contribution in [2.75, 3.05) is 19.8 Å². The molecule has 92 valence electrons. The predicted octanol–water partition coefficient (Wildman–Crippen LogP) is 1.95. The van der Waals surface area contributed by atoms with E-state index in [1.807, 2.05) is 0 Å². The highest BCUT2D eigenvalue weighted by Gasteiger charge is 2.23. The van der Waals surface area contributed by atoms with Crippen molar-refractivity contribution in [3.63, 3.8) is 0 Å². The Morgan fingerprint density at radius 1 is 1.35 bits per heavy atom. The van der Waals surface area contributed by atoms with Gasteiger partial charge in [-0.25, -0.2) is 8.78 Å². The van der Waals surface area contributed by atoms with Gasteiger partial charge in [0.1, 0.15) is 24.0 Å². The molecule has 5 heteroatoms. The van der Waals surface area contributed by atoms with E-state index in [1.165, 1.54) is 0 Å². The van der Waals surface area contributed by atoms with Gasteiger partial charge in [0.05, 0.1) is 6.61 Å². The van der Waals surface area contributed by atoms with Crippen molar-refractivity contribution in [2.24, 2.45) is 5.92 Å². The third-order valence-electron chi connectivity index (χ3n) is 2.60. The number of hydrogen-bond donors (Lipinski definition) is 0. The van der Waals surface area contributed by atoms with Crippen molar-refractivity contribution in [3.05, 3.63) is 29.8 Å². The van der Waals surface area contributed by atoms with Gasteiger partial charge in [-0.1, -0.05) is 0 Å². The summed E-state index contributed by atoms with van der Waals surface area (Å²) in [6.45, 7) is 0.793. The highest BCUT2D eigenvalue weighted by Crippen LogP contribution is 2.17. The average molecular weight is 242 g/mol. The van der Waals surface area contributed by atoms with E-state index < -0.39 is 11.6 Å². The van der Waals surface area contributed by atoms with Crippen molar-refractivity contribution >= 4 is 5.78 Å². The van der Waals surface area contributed by atoms with Crippen LogP contribution in [0.15, 0.2) is 18.2 Å². The van der Waals surface area contributed by atoms with Gasteiger partial charge >= 0.3 is 0 Å². The second kappa shape index (κ2) is 5.23. The summed E-state index contributed by atoms with van der Waals surface area (Å²) in [5.41, 5.74) is 0. The molecule has 0 N–H and O–H groups in total. The Morgan fingerprint density at radius 2 is 2.06 bits per heavy atom. The van der Waals surface area contributed by atoms with E-state index in [-0.39, 0.29) is 24.1 Å². The summed E-state index contributed by atoms with van der Waals surface area (Å²) >= 11 is 0. The lowest BCUT2D eigenvalue weighted by atomic mass is 10.0.